The summed E-state index contributed by atoms with van der Waals surface area (Å²) in [5.41, 5.74) is 1.44. The molecule has 0 radical (unpaired) electrons. The van der Waals surface area contributed by atoms with Crippen LogP contribution in [0.4, 0.5) is 30.6 Å². The van der Waals surface area contributed by atoms with Crippen molar-refractivity contribution < 1.29 is 17.9 Å². The fourth-order valence-electron chi connectivity index (χ4n) is 2.96. The zero-order chi connectivity index (χ0) is 24.0. The number of nitrogens with zero attached hydrogens (tertiary/aromatic N) is 3. The number of anilines is 3. The van der Waals surface area contributed by atoms with E-state index in [1.165, 1.54) is 18.2 Å². The highest BCUT2D eigenvalue weighted by atomic mass is 35.5. The van der Waals surface area contributed by atoms with Crippen molar-refractivity contribution in [2.45, 2.75) is 12.8 Å². The molecule has 2 N–H and O–H groups in total. The number of halogens is 5. The summed E-state index contributed by atoms with van der Waals surface area (Å²) in [5.74, 6) is 0.398. The molecule has 3 rings (SSSR count). The number of hydrogen-bond donors (Lipinski definition) is 2. The predicted octanol–water partition coefficient (Wildman–Crippen LogP) is 6.46. The molecule has 0 spiro atoms. The van der Waals surface area contributed by atoms with Crippen molar-refractivity contribution in [1.82, 2.24) is 14.9 Å². The Hall–Kier alpha value is -2.75. The summed E-state index contributed by atoms with van der Waals surface area (Å²) in [6.07, 6.45) is -3.94. The molecule has 0 unspecified atom stereocenters. The van der Waals surface area contributed by atoms with Crippen molar-refractivity contribution in [2.24, 2.45) is 0 Å². The number of ether oxygens (including phenoxy) is 1. The smallest absolute Gasteiger partial charge is 0.406 e. The second-order valence-corrected chi connectivity index (χ2v) is 8.28. The summed E-state index contributed by atoms with van der Waals surface area (Å²) in [6, 6.07) is 12.2. The second-order valence-electron chi connectivity index (χ2n) is 7.40. The van der Waals surface area contributed by atoms with Crippen LogP contribution < -0.4 is 15.4 Å². The molecule has 3 aromatic rings. The lowest BCUT2D eigenvalue weighted by molar-refractivity contribution is -0.274. The van der Waals surface area contributed by atoms with Crippen LogP contribution in [-0.2, 0) is 0 Å². The van der Waals surface area contributed by atoms with Crippen molar-refractivity contribution in [3.05, 3.63) is 58.6 Å². The Labute approximate surface area is 199 Å². The molecule has 11 heteroatoms. The van der Waals surface area contributed by atoms with Gasteiger partial charge in [0.15, 0.2) is 0 Å². The SMILES string of the molecule is CN(C)CCCNc1nc(Nc2cc(Cl)cc(Cl)c2)cc(-c2cccc(OC(F)(F)F)c2)n1. The third kappa shape index (κ3) is 8.27. The van der Waals surface area contributed by atoms with Crippen molar-refractivity contribution in [1.29, 1.82) is 0 Å². The summed E-state index contributed by atoms with van der Waals surface area (Å²) in [4.78, 5) is 11.0. The molecule has 33 heavy (non-hydrogen) atoms. The highest BCUT2D eigenvalue weighted by Gasteiger charge is 2.31. The van der Waals surface area contributed by atoms with Crippen molar-refractivity contribution in [2.75, 3.05) is 37.8 Å². The first-order valence-corrected chi connectivity index (χ1v) is 10.7. The molecule has 0 fully saturated rings. The van der Waals surface area contributed by atoms with Gasteiger partial charge in [-0.2, -0.15) is 4.98 Å². The van der Waals surface area contributed by atoms with E-state index in [1.807, 2.05) is 14.1 Å². The molecular weight excluding hydrogens is 478 g/mol. The number of alkyl halides is 3. The van der Waals surface area contributed by atoms with Crippen molar-refractivity contribution >= 4 is 40.7 Å². The van der Waals surface area contributed by atoms with E-state index in [0.29, 0.717) is 45.3 Å². The number of hydrogen-bond acceptors (Lipinski definition) is 6. The van der Waals surface area contributed by atoms with E-state index in [9.17, 15) is 13.2 Å². The average Bonchev–Trinajstić information content (AvgIpc) is 2.69. The normalized spacial score (nSPS) is 11.5. The molecular formula is C22H22Cl2F3N5O. The standard InChI is InChI=1S/C22H22Cl2F3N5O/c1-32(2)8-4-7-28-21-30-19(14-5-3-6-18(9-14)33-22(25,26)27)13-20(31-21)29-17-11-15(23)10-16(24)12-17/h3,5-6,9-13H,4,7-8H2,1-2H3,(H2,28,29,30,31). The minimum atomic E-state index is -4.79. The average molecular weight is 500 g/mol. The summed E-state index contributed by atoms with van der Waals surface area (Å²) >= 11 is 12.2. The molecule has 1 aromatic heterocycles. The zero-order valence-electron chi connectivity index (χ0n) is 17.9. The lowest BCUT2D eigenvalue weighted by Crippen LogP contribution is -2.17. The monoisotopic (exact) mass is 499 g/mol. The lowest BCUT2D eigenvalue weighted by Gasteiger charge is -2.14. The topological polar surface area (TPSA) is 62.3 Å². The summed E-state index contributed by atoms with van der Waals surface area (Å²) in [5, 5.41) is 7.16. The van der Waals surface area contributed by atoms with Crippen LogP contribution >= 0.6 is 23.2 Å². The Kier molecular flexibility index (Phi) is 8.23. The van der Waals surface area contributed by atoms with E-state index in [1.54, 1.807) is 30.3 Å². The maximum absolute atomic E-state index is 12.6. The third-order valence-electron chi connectivity index (χ3n) is 4.29. The highest BCUT2D eigenvalue weighted by Crippen LogP contribution is 2.30. The Morgan fingerprint density at radius 2 is 1.73 bits per heavy atom. The zero-order valence-corrected chi connectivity index (χ0v) is 19.4. The quantitative estimate of drug-likeness (QED) is 0.329. The van der Waals surface area contributed by atoms with Crippen LogP contribution in [0.1, 0.15) is 6.42 Å². The fraction of sp³-hybridized carbons (Fsp3) is 0.273. The van der Waals surface area contributed by atoms with E-state index in [-0.39, 0.29) is 5.75 Å². The largest absolute Gasteiger partial charge is 0.573 e. The van der Waals surface area contributed by atoms with Gasteiger partial charge in [0.05, 0.1) is 5.69 Å². The molecule has 1 heterocycles. The molecule has 0 atom stereocenters. The molecule has 176 valence electrons. The molecule has 0 bridgehead atoms. The molecule has 0 saturated heterocycles. The van der Waals surface area contributed by atoms with Crippen LogP contribution in [0.15, 0.2) is 48.5 Å². The number of nitrogens with one attached hydrogen (secondary N) is 2. The minimum absolute atomic E-state index is 0.323. The van der Waals surface area contributed by atoms with Gasteiger partial charge in [-0.05, 0) is 57.4 Å². The summed E-state index contributed by atoms with van der Waals surface area (Å²) in [7, 11) is 3.95. The van der Waals surface area contributed by atoms with Crippen LogP contribution in [0.3, 0.4) is 0 Å². The molecule has 0 aliphatic rings. The molecule has 0 amide bonds. The van der Waals surface area contributed by atoms with Gasteiger partial charge in [-0.25, -0.2) is 4.98 Å². The van der Waals surface area contributed by atoms with E-state index < -0.39 is 6.36 Å². The van der Waals surface area contributed by atoms with Gasteiger partial charge < -0.3 is 20.3 Å². The predicted molar refractivity (Wildman–Crippen MR) is 126 cm³/mol. The highest BCUT2D eigenvalue weighted by molar-refractivity contribution is 6.35. The first-order chi connectivity index (χ1) is 15.6. The van der Waals surface area contributed by atoms with Gasteiger partial charge >= 0.3 is 6.36 Å². The van der Waals surface area contributed by atoms with Crippen molar-refractivity contribution in [3.8, 4) is 17.0 Å². The van der Waals surface area contributed by atoms with Crippen molar-refractivity contribution in [3.63, 3.8) is 0 Å². The van der Waals surface area contributed by atoms with Crippen LogP contribution in [0.25, 0.3) is 11.3 Å². The number of aromatic nitrogens is 2. The van der Waals surface area contributed by atoms with Crippen LogP contribution in [-0.4, -0.2) is 48.4 Å². The number of benzene rings is 2. The van der Waals surface area contributed by atoms with E-state index in [2.05, 4.69) is 30.2 Å². The Morgan fingerprint density at radius 1 is 1.00 bits per heavy atom. The molecule has 6 nitrogen and oxygen atoms in total. The Bertz CT molecular complexity index is 1080. The lowest BCUT2D eigenvalue weighted by atomic mass is 10.1. The first kappa shape index (κ1) is 24.9. The molecule has 0 saturated carbocycles. The molecule has 0 aliphatic carbocycles. The van der Waals surface area contributed by atoms with Gasteiger partial charge in [-0.3, -0.25) is 0 Å². The second kappa shape index (κ2) is 10.9. The van der Waals surface area contributed by atoms with Gasteiger partial charge in [-0.15, -0.1) is 13.2 Å². The third-order valence-corrected chi connectivity index (χ3v) is 4.73. The van der Waals surface area contributed by atoms with Gasteiger partial charge in [0.25, 0.3) is 0 Å². The molecule has 0 aliphatic heterocycles. The fourth-order valence-corrected chi connectivity index (χ4v) is 3.49. The maximum Gasteiger partial charge on any atom is 0.573 e. The maximum atomic E-state index is 12.6. The van der Waals surface area contributed by atoms with Gasteiger partial charge in [0.1, 0.15) is 11.6 Å². The first-order valence-electron chi connectivity index (χ1n) is 9.94. The van der Waals surface area contributed by atoms with Gasteiger partial charge in [0, 0.05) is 33.9 Å². The van der Waals surface area contributed by atoms with E-state index >= 15 is 0 Å². The van der Waals surface area contributed by atoms with Crippen LogP contribution in [0, 0.1) is 0 Å². The minimum Gasteiger partial charge on any atom is -0.406 e. The number of rotatable bonds is 9. The van der Waals surface area contributed by atoms with Gasteiger partial charge in [-0.1, -0.05) is 35.3 Å². The van der Waals surface area contributed by atoms with Crippen LogP contribution in [0.5, 0.6) is 5.75 Å². The Balaban J connectivity index is 1.92. The molecule has 2 aromatic carbocycles. The summed E-state index contributed by atoms with van der Waals surface area (Å²) < 4.78 is 42.0. The van der Waals surface area contributed by atoms with E-state index in [4.69, 9.17) is 23.2 Å². The van der Waals surface area contributed by atoms with E-state index in [0.717, 1.165) is 13.0 Å². The van der Waals surface area contributed by atoms with Crippen LogP contribution in [0.2, 0.25) is 10.0 Å². The Morgan fingerprint density at radius 3 is 2.39 bits per heavy atom. The van der Waals surface area contributed by atoms with Gasteiger partial charge in [0.2, 0.25) is 5.95 Å². The summed E-state index contributed by atoms with van der Waals surface area (Å²) in [6.45, 7) is 1.48.